The Morgan fingerprint density at radius 2 is 2.09 bits per heavy atom. The highest BCUT2D eigenvalue weighted by molar-refractivity contribution is 7.16. The molecule has 5 rings (SSSR count). The number of carbonyl (C=O) groups excluding carboxylic acids is 1. The van der Waals surface area contributed by atoms with Crippen molar-refractivity contribution in [1.82, 2.24) is 24.5 Å². The van der Waals surface area contributed by atoms with Gasteiger partial charge in [-0.15, -0.1) is 11.3 Å². The largest absolute Gasteiger partial charge is 0.472 e. The summed E-state index contributed by atoms with van der Waals surface area (Å²) in [5, 5.41) is 15.6. The van der Waals surface area contributed by atoms with Crippen molar-refractivity contribution in [2.45, 2.75) is 13.1 Å². The van der Waals surface area contributed by atoms with Crippen LogP contribution in [0.3, 0.4) is 0 Å². The van der Waals surface area contributed by atoms with Crippen LogP contribution in [0.2, 0.25) is 4.34 Å². The number of hydrogen-bond donors (Lipinski definition) is 1. The average Bonchev–Trinajstić information content (AvgIpc) is 3.61. The van der Waals surface area contributed by atoms with Crippen LogP contribution >= 0.6 is 22.9 Å². The van der Waals surface area contributed by atoms with E-state index in [0.29, 0.717) is 39.2 Å². The standard InChI is InChI=1S/C23H17ClN6O3S/c24-20-6-5-17(34-20)12-25-21-11-19(28-30(21)22(31)15-7-10-33-14-15)18-4-2-9-29(23(18)32)13-16-3-1-8-26-27-16/h1-11,14,25H,12-13H2. The zero-order chi connectivity index (χ0) is 23.5. The highest BCUT2D eigenvalue weighted by atomic mass is 35.5. The Hall–Kier alpha value is -4.02. The third kappa shape index (κ3) is 4.54. The van der Waals surface area contributed by atoms with E-state index in [1.54, 1.807) is 48.8 Å². The summed E-state index contributed by atoms with van der Waals surface area (Å²) in [6.45, 7) is 0.701. The lowest BCUT2D eigenvalue weighted by atomic mass is 10.2. The van der Waals surface area contributed by atoms with Crippen LogP contribution in [0.5, 0.6) is 0 Å². The van der Waals surface area contributed by atoms with Gasteiger partial charge in [0.1, 0.15) is 17.8 Å². The van der Waals surface area contributed by atoms with Crippen molar-refractivity contribution in [3.8, 4) is 11.3 Å². The van der Waals surface area contributed by atoms with E-state index in [-0.39, 0.29) is 18.0 Å². The van der Waals surface area contributed by atoms with Crippen LogP contribution in [0.25, 0.3) is 11.3 Å². The van der Waals surface area contributed by atoms with E-state index in [0.717, 1.165) is 4.88 Å². The third-order valence-electron chi connectivity index (χ3n) is 5.00. The van der Waals surface area contributed by atoms with E-state index in [4.69, 9.17) is 16.0 Å². The van der Waals surface area contributed by atoms with Crippen molar-refractivity contribution < 1.29 is 9.21 Å². The fraction of sp³-hybridized carbons (Fsp3) is 0.0870. The Bertz CT molecular complexity index is 1490. The number of aromatic nitrogens is 5. The Kier molecular flexibility index (Phi) is 6.07. The predicted molar refractivity (Wildman–Crippen MR) is 128 cm³/mol. The molecule has 0 atom stereocenters. The van der Waals surface area contributed by atoms with Gasteiger partial charge in [0.25, 0.3) is 11.5 Å². The topological polar surface area (TPSA) is 108 Å². The molecule has 5 aromatic rings. The summed E-state index contributed by atoms with van der Waals surface area (Å²) >= 11 is 7.47. The molecule has 0 aromatic carbocycles. The van der Waals surface area contributed by atoms with Crippen LogP contribution in [-0.4, -0.2) is 30.5 Å². The second-order valence-corrected chi connectivity index (χ2v) is 9.07. The van der Waals surface area contributed by atoms with Gasteiger partial charge in [0.2, 0.25) is 0 Å². The molecular formula is C23H17ClN6O3S. The Labute approximate surface area is 202 Å². The Balaban J connectivity index is 1.51. The van der Waals surface area contributed by atoms with Crippen molar-refractivity contribution in [2.24, 2.45) is 0 Å². The molecule has 0 saturated heterocycles. The molecule has 0 bridgehead atoms. The number of pyridine rings is 1. The second kappa shape index (κ2) is 9.46. The third-order valence-corrected chi connectivity index (χ3v) is 6.23. The second-order valence-electron chi connectivity index (χ2n) is 7.27. The van der Waals surface area contributed by atoms with E-state index in [9.17, 15) is 9.59 Å². The molecule has 11 heteroatoms. The minimum atomic E-state index is -0.387. The number of hydrogen-bond acceptors (Lipinski definition) is 8. The van der Waals surface area contributed by atoms with Crippen LogP contribution in [0.1, 0.15) is 20.9 Å². The Morgan fingerprint density at radius 1 is 1.18 bits per heavy atom. The van der Waals surface area contributed by atoms with Crippen molar-refractivity contribution in [1.29, 1.82) is 0 Å². The molecule has 0 aliphatic heterocycles. The first-order chi connectivity index (χ1) is 16.6. The van der Waals surface area contributed by atoms with Gasteiger partial charge in [-0.25, -0.2) is 0 Å². The first-order valence-electron chi connectivity index (χ1n) is 10.2. The van der Waals surface area contributed by atoms with Gasteiger partial charge in [0, 0.05) is 23.3 Å². The maximum absolute atomic E-state index is 13.2. The maximum Gasteiger partial charge on any atom is 0.283 e. The minimum absolute atomic E-state index is 0.259. The molecule has 0 unspecified atom stereocenters. The summed E-state index contributed by atoms with van der Waals surface area (Å²) in [6, 6.07) is 13.9. The van der Waals surface area contributed by atoms with Crippen LogP contribution in [0.4, 0.5) is 5.82 Å². The van der Waals surface area contributed by atoms with Gasteiger partial charge in [0.05, 0.1) is 40.5 Å². The monoisotopic (exact) mass is 492 g/mol. The molecule has 0 fully saturated rings. The van der Waals surface area contributed by atoms with E-state index in [2.05, 4.69) is 20.6 Å². The molecular weight excluding hydrogens is 476 g/mol. The molecule has 0 saturated carbocycles. The molecule has 5 heterocycles. The molecule has 1 N–H and O–H groups in total. The van der Waals surface area contributed by atoms with Crippen LogP contribution < -0.4 is 10.9 Å². The number of rotatable bonds is 7. The number of nitrogens with zero attached hydrogens (tertiary/aromatic N) is 5. The van der Waals surface area contributed by atoms with Gasteiger partial charge >= 0.3 is 0 Å². The number of furan rings is 1. The van der Waals surface area contributed by atoms with Gasteiger partial charge in [-0.2, -0.15) is 20.0 Å². The summed E-state index contributed by atoms with van der Waals surface area (Å²) in [5.41, 5.74) is 1.45. The van der Waals surface area contributed by atoms with Crippen LogP contribution in [0, 0.1) is 0 Å². The van der Waals surface area contributed by atoms with Crippen molar-refractivity contribution in [3.63, 3.8) is 0 Å². The molecule has 0 radical (unpaired) electrons. The number of nitrogens with one attached hydrogen (secondary N) is 1. The summed E-state index contributed by atoms with van der Waals surface area (Å²) < 4.78 is 8.48. The van der Waals surface area contributed by atoms with Gasteiger partial charge in [-0.05, 0) is 42.5 Å². The summed E-state index contributed by atoms with van der Waals surface area (Å²) in [7, 11) is 0. The highest BCUT2D eigenvalue weighted by Gasteiger charge is 2.20. The molecule has 0 spiro atoms. The predicted octanol–water partition coefficient (Wildman–Crippen LogP) is 4.16. The lowest BCUT2D eigenvalue weighted by Gasteiger charge is -2.06. The fourth-order valence-electron chi connectivity index (χ4n) is 3.37. The SMILES string of the molecule is O=C(c1ccoc1)n1nc(-c2cccn(Cc3cccnn3)c2=O)cc1NCc1ccc(Cl)s1. The average molecular weight is 493 g/mol. The lowest BCUT2D eigenvalue weighted by Crippen LogP contribution is -2.22. The van der Waals surface area contributed by atoms with Crippen molar-refractivity contribution >= 4 is 34.7 Å². The van der Waals surface area contributed by atoms with E-state index >= 15 is 0 Å². The minimum Gasteiger partial charge on any atom is -0.472 e. The quantitative estimate of drug-likeness (QED) is 0.363. The number of thiophene rings is 1. The fourth-order valence-corrected chi connectivity index (χ4v) is 4.40. The number of anilines is 1. The van der Waals surface area contributed by atoms with Gasteiger partial charge in [-0.3, -0.25) is 9.59 Å². The highest BCUT2D eigenvalue weighted by Crippen LogP contribution is 2.25. The normalized spacial score (nSPS) is 11.0. The lowest BCUT2D eigenvalue weighted by molar-refractivity contribution is 0.0947. The smallest absolute Gasteiger partial charge is 0.283 e. The maximum atomic E-state index is 13.2. The molecule has 34 heavy (non-hydrogen) atoms. The van der Waals surface area contributed by atoms with E-state index < -0.39 is 0 Å². The first-order valence-corrected chi connectivity index (χ1v) is 11.4. The van der Waals surface area contributed by atoms with Crippen molar-refractivity contribution in [2.75, 3.05) is 5.32 Å². The van der Waals surface area contributed by atoms with Crippen molar-refractivity contribution in [3.05, 3.63) is 104 Å². The van der Waals surface area contributed by atoms with E-state index in [1.165, 1.54) is 33.1 Å². The summed E-state index contributed by atoms with van der Waals surface area (Å²) in [6.07, 6.45) is 6.02. The molecule has 5 aromatic heterocycles. The van der Waals surface area contributed by atoms with Crippen LogP contribution in [-0.2, 0) is 13.1 Å². The summed E-state index contributed by atoms with van der Waals surface area (Å²) in [5.74, 6) is 0.0528. The molecule has 0 amide bonds. The Morgan fingerprint density at radius 3 is 2.82 bits per heavy atom. The molecule has 0 aliphatic rings. The zero-order valence-electron chi connectivity index (χ0n) is 17.6. The molecule has 0 aliphatic carbocycles. The first kappa shape index (κ1) is 21.8. The van der Waals surface area contributed by atoms with Crippen LogP contribution in [0.15, 0.2) is 82.7 Å². The van der Waals surface area contributed by atoms with Gasteiger partial charge in [-0.1, -0.05) is 11.6 Å². The zero-order valence-corrected chi connectivity index (χ0v) is 19.2. The van der Waals surface area contributed by atoms with Gasteiger partial charge in [0.15, 0.2) is 0 Å². The number of carbonyl (C=O) groups is 1. The summed E-state index contributed by atoms with van der Waals surface area (Å²) in [4.78, 5) is 27.3. The molecule has 170 valence electrons. The van der Waals surface area contributed by atoms with E-state index in [1.807, 2.05) is 12.1 Å². The van der Waals surface area contributed by atoms with Gasteiger partial charge < -0.3 is 14.3 Å². The number of halogens is 1. The molecule has 9 nitrogen and oxygen atoms in total.